The number of rotatable bonds is 3. The number of hydrogen-bond donors (Lipinski definition) is 0. The Labute approximate surface area is 226 Å². The summed E-state index contributed by atoms with van der Waals surface area (Å²) in [6.07, 6.45) is -1.70. The number of benzene rings is 3. The summed E-state index contributed by atoms with van der Waals surface area (Å²) in [5.41, 5.74) is 5.86. The molecule has 0 atom stereocenters. The highest BCUT2D eigenvalue weighted by molar-refractivity contribution is 6.25. The highest BCUT2D eigenvalue weighted by Crippen LogP contribution is 2.43. The molecule has 3 heterocycles. The summed E-state index contributed by atoms with van der Waals surface area (Å²) in [4.78, 5) is 0. The number of fused-ring (bicyclic) bond motifs is 6. The van der Waals surface area contributed by atoms with Crippen molar-refractivity contribution in [3.05, 3.63) is 83.6 Å². The average Bonchev–Trinajstić information content (AvgIpc) is 3.39. The predicted molar refractivity (Wildman–Crippen MR) is 159 cm³/mol. The molecule has 0 aliphatic heterocycles. The maximum absolute atomic E-state index is 9.33. The summed E-state index contributed by atoms with van der Waals surface area (Å²) in [5, 5.41) is 4.76. The third-order valence-electron chi connectivity index (χ3n) is 7.15. The topological polar surface area (TPSA) is 8.29 Å². The first kappa shape index (κ1) is 19.7. The SMILES string of the molecule is [2H]C([2H])(c1cc(-c2c(C)ccc3c2c2cccc4c5ccccc5n3c42)[n+](C)cc1C([2H])([2H])C(C)(C)C)C(C)(C)C. The van der Waals surface area contributed by atoms with Crippen molar-refractivity contribution < 1.29 is 10.1 Å². The highest BCUT2D eigenvalue weighted by atomic mass is 14.9. The molecule has 0 bridgehead atoms. The van der Waals surface area contributed by atoms with Gasteiger partial charge in [-0.05, 0) is 53.8 Å². The van der Waals surface area contributed by atoms with Crippen molar-refractivity contribution in [2.45, 2.75) is 61.2 Å². The molecule has 6 aromatic rings. The number of para-hydroxylation sites is 2. The van der Waals surface area contributed by atoms with Gasteiger partial charge < -0.3 is 4.40 Å². The Morgan fingerprint density at radius 2 is 1.41 bits per heavy atom. The van der Waals surface area contributed by atoms with Crippen molar-refractivity contribution in [1.82, 2.24) is 4.40 Å². The zero-order chi connectivity index (χ0) is 29.9. The fourth-order valence-corrected chi connectivity index (χ4v) is 5.86. The van der Waals surface area contributed by atoms with E-state index in [2.05, 4.69) is 65.9 Å². The molecule has 0 saturated carbocycles. The normalized spacial score (nSPS) is 15.5. The minimum absolute atomic E-state index is 0.403. The molecule has 0 fully saturated rings. The minimum Gasteiger partial charge on any atom is -0.308 e. The summed E-state index contributed by atoms with van der Waals surface area (Å²) >= 11 is 0. The summed E-state index contributed by atoms with van der Waals surface area (Å²) in [5.74, 6) is 0. The zero-order valence-electron chi connectivity index (χ0n) is 27.2. The quantitative estimate of drug-likeness (QED) is 0.219. The van der Waals surface area contributed by atoms with Gasteiger partial charge in [-0.25, -0.2) is 4.57 Å². The fraction of sp³-hybridized carbons (Fsp3) is 0.343. The fourth-order valence-electron chi connectivity index (χ4n) is 5.86. The molecule has 188 valence electrons. The maximum atomic E-state index is 9.33. The maximum Gasteiger partial charge on any atom is 0.213 e. The minimum atomic E-state index is -1.78. The van der Waals surface area contributed by atoms with E-state index in [-0.39, 0.29) is 0 Å². The molecule has 0 radical (unpaired) electrons. The van der Waals surface area contributed by atoms with Crippen LogP contribution in [0.4, 0.5) is 0 Å². The molecule has 0 spiro atoms. The van der Waals surface area contributed by atoms with E-state index >= 15 is 0 Å². The van der Waals surface area contributed by atoms with Gasteiger partial charge in [-0.3, -0.25) is 0 Å². The first-order valence-electron chi connectivity index (χ1n) is 15.2. The van der Waals surface area contributed by atoms with Crippen LogP contribution in [0.5, 0.6) is 0 Å². The summed E-state index contributed by atoms with van der Waals surface area (Å²) in [6, 6.07) is 21.3. The lowest BCUT2D eigenvalue weighted by molar-refractivity contribution is -0.660. The molecule has 0 aliphatic carbocycles. The van der Waals surface area contributed by atoms with E-state index in [9.17, 15) is 5.48 Å². The Morgan fingerprint density at radius 3 is 2.14 bits per heavy atom. The molecule has 0 aliphatic rings. The molecule has 0 N–H and O–H groups in total. The van der Waals surface area contributed by atoms with E-state index in [1.54, 1.807) is 0 Å². The Hall–Kier alpha value is -3.39. The molecule has 6 rings (SSSR count). The van der Waals surface area contributed by atoms with Crippen molar-refractivity contribution in [2.24, 2.45) is 17.9 Å². The number of aromatic nitrogens is 2. The Kier molecular flexibility index (Phi) is 4.28. The Bertz CT molecular complexity index is 1980. The number of pyridine rings is 1. The van der Waals surface area contributed by atoms with E-state index in [0.29, 0.717) is 11.1 Å². The van der Waals surface area contributed by atoms with Crippen molar-refractivity contribution in [1.29, 1.82) is 0 Å². The predicted octanol–water partition coefficient (Wildman–Crippen LogP) is 8.81. The van der Waals surface area contributed by atoms with Gasteiger partial charge in [-0.15, -0.1) is 0 Å². The molecule has 3 aromatic heterocycles. The van der Waals surface area contributed by atoms with E-state index in [4.69, 9.17) is 0 Å². The molecule has 2 heteroatoms. The number of hydrogen-bond acceptors (Lipinski definition) is 0. The summed E-state index contributed by atoms with van der Waals surface area (Å²) < 4.78 is 41.4. The molecule has 37 heavy (non-hydrogen) atoms. The third-order valence-corrected chi connectivity index (χ3v) is 7.15. The van der Waals surface area contributed by atoms with Crippen LogP contribution in [-0.2, 0) is 19.8 Å². The second-order valence-electron chi connectivity index (χ2n) is 12.6. The van der Waals surface area contributed by atoms with Crippen LogP contribution in [0.2, 0.25) is 0 Å². The van der Waals surface area contributed by atoms with Crippen LogP contribution >= 0.6 is 0 Å². The number of aryl methyl sites for hydroxylation is 2. The van der Waals surface area contributed by atoms with Crippen LogP contribution in [0.25, 0.3) is 49.4 Å². The van der Waals surface area contributed by atoms with Crippen LogP contribution in [0.15, 0.2) is 66.9 Å². The van der Waals surface area contributed by atoms with E-state index < -0.39 is 23.6 Å². The highest BCUT2D eigenvalue weighted by Gasteiger charge is 2.27. The smallest absolute Gasteiger partial charge is 0.213 e. The van der Waals surface area contributed by atoms with Gasteiger partial charge in [0.1, 0.15) is 7.05 Å². The van der Waals surface area contributed by atoms with Crippen LogP contribution < -0.4 is 4.57 Å². The van der Waals surface area contributed by atoms with Gasteiger partial charge in [-0.1, -0.05) is 84.0 Å². The second kappa shape index (κ2) is 8.05. The lowest BCUT2D eigenvalue weighted by Crippen LogP contribution is -2.33. The van der Waals surface area contributed by atoms with E-state index in [0.717, 1.165) is 27.7 Å². The Morgan fingerprint density at radius 1 is 0.757 bits per heavy atom. The van der Waals surface area contributed by atoms with Crippen LogP contribution in [0.1, 0.15) is 63.7 Å². The van der Waals surface area contributed by atoms with Crippen LogP contribution in [-0.4, -0.2) is 4.40 Å². The third kappa shape index (κ3) is 3.89. The van der Waals surface area contributed by atoms with Gasteiger partial charge >= 0.3 is 0 Å². The van der Waals surface area contributed by atoms with Crippen LogP contribution in [0, 0.1) is 17.8 Å². The van der Waals surface area contributed by atoms with Gasteiger partial charge in [-0.2, -0.15) is 0 Å². The molecule has 2 nitrogen and oxygen atoms in total. The molecule has 0 amide bonds. The van der Waals surface area contributed by atoms with E-state index in [1.165, 1.54) is 27.2 Å². The van der Waals surface area contributed by atoms with Crippen molar-refractivity contribution in [2.75, 3.05) is 0 Å². The lowest BCUT2D eigenvalue weighted by atomic mass is 9.81. The van der Waals surface area contributed by atoms with Gasteiger partial charge in [0.05, 0.1) is 22.1 Å². The molecule has 0 saturated heterocycles. The number of nitrogens with zero attached hydrogens (tertiary/aromatic N) is 2. The van der Waals surface area contributed by atoms with Gasteiger partial charge in [0.25, 0.3) is 0 Å². The summed E-state index contributed by atoms with van der Waals surface area (Å²) in [6.45, 7) is 13.4. The van der Waals surface area contributed by atoms with Gasteiger partial charge in [0.2, 0.25) is 5.69 Å². The first-order chi connectivity index (χ1) is 19.0. The first-order valence-corrected chi connectivity index (χ1v) is 13.2. The zero-order valence-corrected chi connectivity index (χ0v) is 23.2. The molecule has 3 aromatic carbocycles. The summed E-state index contributed by atoms with van der Waals surface area (Å²) in [7, 11) is 1.96. The van der Waals surface area contributed by atoms with Crippen molar-refractivity contribution >= 4 is 38.1 Å². The second-order valence-corrected chi connectivity index (χ2v) is 12.6. The lowest BCUT2D eigenvalue weighted by Gasteiger charge is -2.24. The van der Waals surface area contributed by atoms with Gasteiger partial charge in [0.15, 0.2) is 6.20 Å². The van der Waals surface area contributed by atoms with Crippen molar-refractivity contribution in [3.63, 3.8) is 0 Å². The molecule has 0 unspecified atom stereocenters. The van der Waals surface area contributed by atoms with Gasteiger partial charge in [0, 0.05) is 38.7 Å². The van der Waals surface area contributed by atoms with E-state index in [1.807, 2.05) is 65.4 Å². The standard InChI is InChI=1S/C35H39N2/c1-22-16-17-29-32(27-14-11-13-26-25-12-9-10-15-28(25)37(29)33(26)27)31(22)30-18-23(19-34(2,3)4)24(21-36(30)8)20-35(5,6)7/h9-18,21H,19-20H2,1-8H3/q+1/i19D2,20D2. The molecular formula is C35H39N2+. The average molecular weight is 492 g/mol. The Balaban J connectivity index is 1.77. The molecular weight excluding hydrogens is 448 g/mol. The largest absolute Gasteiger partial charge is 0.308 e. The van der Waals surface area contributed by atoms with Crippen LogP contribution in [0.3, 0.4) is 0 Å². The van der Waals surface area contributed by atoms with Crippen molar-refractivity contribution in [3.8, 4) is 11.3 Å². The monoisotopic (exact) mass is 491 g/mol.